The summed E-state index contributed by atoms with van der Waals surface area (Å²) >= 11 is 9.26. The number of carbonyl (C=O) groups excluding carboxylic acids is 1. The summed E-state index contributed by atoms with van der Waals surface area (Å²) < 4.78 is 0.986. The predicted molar refractivity (Wildman–Crippen MR) is 103 cm³/mol. The predicted octanol–water partition coefficient (Wildman–Crippen LogP) is 4.65. The molecule has 3 aromatic rings. The Morgan fingerprint density at radius 3 is 2.52 bits per heavy atom. The van der Waals surface area contributed by atoms with Gasteiger partial charge in [-0.15, -0.1) is 0 Å². The Bertz CT molecular complexity index is 917. The number of hydrazone groups is 1. The van der Waals surface area contributed by atoms with Crippen LogP contribution in [0.15, 0.2) is 64.2 Å². The summed E-state index contributed by atoms with van der Waals surface area (Å²) in [5, 5.41) is 11.6. The fourth-order valence-electron chi connectivity index (χ4n) is 2.16. The van der Waals surface area contributed by atoms with Gasteiger partial charge < -0.3 is 0 Å². The Morgan fingerprint density at radius 2 is 1.84 bits per heavy atom. The zero-order chi connectivity index (χ0) is 17.8. The Labute approximate surface area is 158 Å². The van der Waals surface area contributed by atoms with Crippen LogP contribution in [0.3, 0.4) is 0 Å². The fraction of sp³-hybridized carbons (Fsp3) is 0.0556. The molecule has 5 nitrogen and oxygen atoms in total. The average molecular weight is 418 g/mol. The first kappa shape index (κ1) is 17.4. The van der Waals surface area contributed by atoms with E-state index in [-0.39, 0.29) is 5.91 Å². The van der Waals surface area contributed by atoms with Crippen LogP contribution in [-0.4, -0.2) is 21.8 Å². The van der Waals surface area contributed by atoms with Gasteiger partial charge in [0.15, 0.2) is 0 Å². The van der Waals surface area contributed by atoms with Crippen molar-refractivity contribution >= 4 is 39.1 Å². The molecule has 0 atom stereocenters. The monoisotopic (exact) mass is 416 g/mol. The summed E-state index contributed by atoms with van der Waals surface area (Å²) in [6, 6.07) is 16.6. The van der Waals surface area contributed by atoms with Gasteiger partial charge in [0.25, 0.3) is 5.91 Å². The molecule has 7 heteroatoms. The Kier molecular flexibility index (Phi) is 5.31. The number of carbonyl (C=O) groups is 1. The second-order valence-corrected chi connectivity index (χ2v) is 6.67. The van der Waals surface area contributed by atoms with Crippen molar-refractivity contribution in [2.24, 2.45) is 5.10 Å². The molecule has 0 fully saturated rings. The van der Waals surface area contributed by atoms with E-state index in [0.29, 0.717) is 22.1 Å². The third kappa shape index (κ3) is 4.35. The first-order valence-electron chi connectivity index (χ1n) is 7.45. The molecule has 0 bridgehead atoms. The number of aromatic nitrogens is 2. The van der Waals surface area contributed by atoms with E-state index < -0.39 is 0 Å². The number of hydrogen-bond acceptors (Lipinski definition) is 3. The molecule has 0 unspecified atom stereocenters. The number of rotatable bonds is 4. The van der Waals surface area contributed by atoms with Crippen molar-refractivity contribution in [1.29, 1.82) is 0 Å². The summed E-state index contributed by atoms with van der Waals surface area (Å²) in [5.74, 6) is -0.357. The van der Waals surface area contributed by atoms with Crippen LogP contribution in [0.4, 0.5) is 0 Å². The minimum Gasteiger partial charge on any atom is -0.272 e. The van der Waals surface area contributed by atoms with Crippen molar-refractivity contribution in [3.05, 3.63) is 75.4 Å². The van der Waals surface area contributed by atoms with Crippen molar-refractivity contribution in [3.63, 3.8) is 0 Å². The summed E-state index contributed by atoms with van der Waals surface area (Å²) in [4.78, 5) is 12.2. The third-order valence-corrected chi connectivity index (χ3v) is 4.33. The number of hydrogen-bond donors (Lipinski definition) is 2. The van der Waals surface area contributed by atoms with Gasteiger partial charge in [-0.2, -0.15) is 10.2 Å². The minimum atomic E-state index is -0.357. The normalized spacial score (nSPS) is 11.4. The maximum Gasteiger partial charge on any atom is 0.289 e. The lowest BCUT2D eigenvalue weighted by molar-refractivity contribution is 0.0950. The second-order valence-electron chi connectivity index (χ2n) is 5.32. The molecular weight excluding hydrogens is 404 g/mol. The molecule has 0 saturated heterocycles. The second kappa shape index (κ2) is 7.63. The van der Waals surface area contributed by atoms with Crippen LogP contribution in [0, 0.1) is 0 Å². The van der Waals surface area contributed by atoms with Crippen molar-refractivity contribution in [2.45, 2.75) is 6.92 Å². The largest absolute Gasteiger partial charge is 0.289 e. The SMILES string of the molecule is C/C(=N\NC(=O)c1cc(-c2ccc(Cl)cc2)n[nH]1)c1ccc(Br)cc1. The number of H-pyrrole nitrogens is 1. The van der Waals surface area contributed by atoms with Crippen molar-refractivity contribution in [2.75, 3.05) is 0 Å². The van der Waals surface area contributed by atoms with Gasteiger partial charge in [0.2, 0.25) is 0 Å². The molecule has 0 aliphatic rings. The van der Waals surface area contributed by atoms with Crippen molar-refractivity contribution in [3.8, 4) is 11.3 Å². The number of amides is 1. The molecule has 25 heavy (non-hydrogen) atoms. The maximum absolute atomic E-state index is 12.2. The zero-order valence-corrected chi connectivity index (χ0v) is 15.6. The van der Waals surface area contributed by atoms with Crippen molar-refractivity contribution in [1.82, 2.24) is 15.6 Å². The van der Waals surface area contributed by atoms with Crippen LogP contribution in [0.1, 0.15) is 23.0 Å². The van der Waals surface area contributed by atoms with E-state index in [2.05, 4.69) is 36.7 Å². The average Bonchev–Trinajstić information content (AvgIpc) is 3.11. The van der Waals surface area contributed by atoms with E-state index >= 15 is 0 Å². The lowest BCUT2D eigenvalue weighted by atomic mass is 10.1. The Hall–Kier alpha value is -2.44. The van der Waals surface area contributed by atoms with Gasteiger partial charge in [0.1, 0.15) is 5.69 Å². The zero-order valence-electron chi connectivity index (χ0n) is 13.3. The quantitative estimate of drug-likeness (QED) is 0.479. The molecule has 1 heterocycles. The third-order valence-electron chi connectivity index (χ3n) is 3.55. The summed E-state index contributed by atoms with van der Waals surface area (Å²) in [5.41, 5.74) is 6.03. The molecule has 0 radical (unpaired) electrons. The molecule has 0 aliphatic carbocycles. The molecule has 2 N–H and O–H groups in total. The summed E-state index contributed by atoms with van der Waals surface area (Å²) in [6.07, 6.45) is 0. The Balaban J connectivity index is 1.70. The fourth-order valence-corrected chi connectivity index (χ4v) is 2.55. The number of nitrogens with zero attached hydrogens (tertiary/aromatic N) is 2. The Morgan fingerprint density at radius 1 is 1.16 bits per heavy atom. The topological polar surface area (TPSA) is 70.1 Å². The highest BCUT2D eigenvalue weighted by atomic mass is 79.9. The van der Waals surface area contributed by atoms with E-state index in [1.54, 1.807) is 18.2 Å². The van der Waals surface area contributed by atoms with Crippen LogP contribution >= 0.6 is 27.5 Å². The molecule has 0 saturated carbocycles. The summed E-state index contributed by atoms with van der Waals surface area (Å²) in [6.45, 7) is 1.83. The van der Waals surface area contributed by atoms with Crippen LogP contribution < -0.4 is 5.43 Å². The summed E-state index contributed by atoms with van der Waals surface area (Å²) in [7, 11) is 0. The maximum atomic E-state index is 12.2. The molecule has 126 valence electrons. The van der Waals surface area contributed by atoms with Crippen LogP contribution in [0.5, 0.6) is 0 Å². The number of benzene rings is 2. The van der Waals surface area contributed by atoms with Crippen molar-refractivity contribution < 1.29 is 4.79 Å². The highest BCUT2D eigenvalue weighted by molar-refractivity contribution is 9.10. The highest BCUT2D eigenvalue weighted by Crippen LogP contribution is 2.20. The molecular formula is C18H14BrClN4O. The molecule has 0 aliphatic heterocycles. The van der Waals surface area contributed by atoms with E-state index in [1.165, 1.54) is 0 Å². The highest BCUT2D eigenvalue weighted by Gasteiger charge is 2.11. The van der Waals surface area contributed by atoms with Gasteiger partial charge in [0.05, 0.1) is 11.4 Å². The van der Waals surface area contributed by atoms with Crippen LogP contribution in [-0.2, 0) is 0 Å². The molecule has 1 amide bonds. The smallest absolute Gasteiger partial charge is 0.272 e. The van der Waals surface area contributed by atoms with E-state index in [9.17, 15) is 4.79 Å². The number of halogens is 2. The van der Waals surface area contributed by atoms with Gasteiger partial charge in [-0.3, -0.25) is 9.89 Å². The van der Waals surface area contributed by atoms with E-state index in [4.69, 9.17) is 11.6 Å². The van der Waals surface area contributed by atoms with Gasteiger partial charge in [-0.25, -0.2) is 5.43 Å². The van der Waals surface area contributed by atoms with Gasteiger partial charge in [-0.05, 0) is 42.8 Å². The number of nitrogens with one attached hydrogen (secondary N) is 2. The molecule has 3 rings (SSSR count). The van der Waals surface area contributed by atoms with Gasteiger partial charge in [-0.1, -0.05) is 51.8 Å². The molecule has 2 aromatic carbocycles. The lowest BCUT2D eigenvalue weighted by Crippen LogP contribution is -2.19. The van der Waals surface area contributed by atoms with Crippen LogP contribution in [0.2, 0.25) is 5.02 Å². The van der Waals surface area contributed by atoms with Crippen LogP contribution in [0.25, 0.3) is 11.3 Å². The minimum absolute atomic E-state index is 0.331. The first-order valence-corrected chi connectivity index (χ1v) is 8.62. The number of aromatic amines is 1. The van der Waals surface area contributed by atoms with E-state index in [1.807, 2.05) is 43.3 Å². The molecule has 1 aromatic heterocycles. The molecule has 0 spiro atoms. The van der Waals surface area contributed by atoms with Gasteiger partial charge in [0, 0.05) is 15.1 Å². The van der Waals surface area contributed by atoms with E-state index in [0.717, 1.165) is 15.6 Å². The first-order chi connectivity index (χ1) is 12.0. The lowest BCUT2D eigenvalue weighted by Gasteiger charge is -2.02. The standard InChI is InChI=1S/C18H14BrClN4O/c1-11(12-2-6-14(19)7-3-12)21-24-18(25)17-10-16(22-23-17)13-4-8-15(20)9-5-13/h2-10H,1H3,(H,22,23)(H,24,25)/b21-11+. The van der Waals surface area contributed by atoms with Gasteiger partial charge >= 0.3 is 0 Å².